The summed E-state index contributed by atoms with van der Waals surface area (Å²) >= 11 is 1.65. The maximum absolute atomic E-state index is 11.2. The van der Waals surface area contributed by atoms with E-state index in [-0.39, 0.29) is 11.8 Å². The molecule has 0 aromatic carbocycles. The maximum atomic E-state index is 11.2. The third-order valence-corrected chi connectivity index (χ3v) is 4.99. The Balaban J connectivity index is 1.92. The Morgan fingerprint density at radius 3 is 2.81 bits per heavy atom. The summed E-state index contributed by atoms with van der Waals surface area (Å²) in [5.41, 5.74) is 1.05. The molecule has 1 aromatic rings. The Morgan fingerprint density at radius 2 is 2.31 bits per heavy atom. The van der Waals surface area contributed by atoms with Gasteiger partial charge in [0.05, 0.1) is 11.4 Å². The highest BCUT2D eigenvalue weighted by molar-refractivity contribution is 7.94. The Hall–Kier alpha value is -0.720. The molecule has 2 rings (SSSR count). The number of rotatable bonds is 3. The highest BCUT2D eigenvalue weighted by atomic mass is 32.2. The minimum Gasteiger partial charge on any atom is -0.303 e. The molecule has 6 heteroatoms. The molecule has 88 valence electrons. The minimum atomic E-state index is -2.96. The number of hydrogen-bond acceptors (Lipinski definition) is 5. The van der Waals surface area contributed by atoms with Crippen molar-refractivity contribution in [3.05, 3.63) is 27.1 Å². The van der Waals surface area contributed by atoms with Gasteiger partial charge < -0.3 is 5.32 Å². The molecule has 16 heavy (non-hydrogen) atoms. The van der Waals surface area contributed by atoms with E-state index >= 15 is 0 Å². The zero-order valence-corrected chi connectivity index (χ0v) is 10.9. The molecular weight excluding hydrogens is 244 g/mol. The summed E-state index contributed by atoms with van der Waals surface area (Å²) in [6.45, 7) is 4.65. The van der Waals surface area contributed by atoms with Gasteiger partial charge in [0.25, 0.3) is 0 Å². The molecule has 0 bridgehead atoms. The van der Waals surface area contributed by atoms with Crippen LogP contribution in [-0.2, 0) is 16.4 Å². The number of nitrogens with one attached hydrogen (secondary N) is 1. The van der Waals surface area contributed by atoms with Crippen molar-refractivity contribution in [2.45, 2.75) is 26.4 Å². The molecule has 2 heterocycles. The lowest BCUT2D eigenvalue weighted by molar-refractivity contribution is 0.590. The molecule has 1 atom stereocenters. The minimum absolute atomic E-state index is 0.0745. The van der Waals surface area contributed by atoms with Crippen molar-refractivity contribution in [3.63, 3.8) is 0 Å². The van der Waals surface area contributed by atoms with Crippen LogP contribution in [0.15, 0.2) is 11.5 Å². The Labute approximate surface area is 99.3 Å². The predicted molar refractivity (Wildman–Crippen MR) is 65.1 cm³/mol. The molecule has 0 saturated heterocycles. The van der Waals surface area contributed by atoms with Gasteiger partial charge in [0.2, 0.25) is 0 Å². The first kappa shape index (κ1) is 11.8. The molecule has 0 spiro atoms. The van der Waals surface area contributed by atoms with Gasteiger partial charge >= 0.3 is 0 Å². The van der Waals surface area contributed by atoms with Crippen molar-refractivity contribution in [1.29, 1.82) is 0 Å². The van der Waals surface area contributed by atoms with Gasteiger partial charge in [-0.15, -0.1) is 11.3 Å². The highest BCUT2D eigenvalue weighted by Crippen LogP contribution is 2.16. The lowest BCUT2D eigenvalue weighted by atomic mass is 10.3. The second-order valence-electron chi connectivity index (χ2n) is 3.89. The van der Waals surface area contributed by atoms with Gasteiger partial charge in [0, 0.05) is 22.9 Å². The topological polar surface area (TPSA) is 59.1 Å². The van der Waals surface area contributed by atoms with Crippen LogP contribution in [0.1, 0.15) is 15.6 Å². The standard InChI is InChI=1S/C10H14N2O2S2/c1-7-8(2)15-10(12-7)5-11-9-3-4-16(13,14)6-9/h3-4,9,11H,5-6H2,1-2H3. The molecule has 1 aromatic heterocycles. The first-order chi connectivity index (χ1) is 7.46. The van der Waals surface area contributed by atoms with Crippen LogP contribution in [0.2, 0.25) is 0 Å². The lowest BCUT2D eigenvalue weighted by Crippen LogP contribution is -2.29. The second-order valence-corrected chi connectivity index (χ2v) is 7.11. The average Bonchev–Trinajstić information content (AvgIpc) is 2.68. The highest BCUT2D eigenvalue weighted by Gasteiger charge is 2.21. The third-order valence-electron chi connectivity index (χ3n) is 2.52. The number of nitrogens with zero attached hydrogens (tertiary/aromatic N) is 1. The Bertz CT molecular complexity index is 497. The zero-order chi connectivity index (χ0) is 11.8. The summed E-state index contributed by atoms with van der Waals surface area (Å²) in [4.78, 5) is 5.60. The van der Waals surface area contributed by atoms with Crippen molar-refractivity contribution in [2.24, 2.45) is 0 Å². The van der Waals surface area contributed by atoms with Gasteiger partial charge in [0.15, 0.2) is 9.84 Å². The van der Waals surface area contributed by atoms with Gasteiger partial charge in [-0.25, -0.2) is 13.4 Å². The fourth-order valence-corrected chi connectivity index (χ4v) is 3.69. The van der Waals surface area contributed by atoms with Gasteiger partial charge in [0.1, 0.15) is 5.01 Å². The number of aromatic nitrogens is 1. The van der Waals surface area contributed by atoms with E-state index in [1.807, 2.05) is 13.8 Å². The van der Waals surface area contributed by atoms with E-state index in [1.165, 1.54) is 10.3 Å². The van der Waals surface area contributed by atoms with Crippen LogP contribution >= 0.6 is 11.3 Å². The maximum Gasteiger partial charge on any atom is 0.173 e. The van der Waals surface area contributed by atoms with Crippen LogP contribution in [0.5, 0.6) is 0 Å². The van der Waals surface area contributed by atoms with E-state index in [4.69, 9.17) is 0 Å². The van der Waals surface area contributed by atoms with Crippen LogP contribution in [0, 0.1) is 13.8 Å². The fourth-order valence-electron chi connectivity index (χ4n) is 1.54. The van der Waals surface area contributed by atoms with Gasteiger partial charge in [-0.3, -0.25) is 0 Å². The van der Waals surface area contributed by atoms with Crippen LogP contribution in [-0.4, -0.2) is 25.2 Å². The Kier molecular flexibility index (Phi) is 3.14. The lowest BCUT2D eigenvalue weighted by Gasteiger charge is -2.07. The quantitative estimate of drug-likeness (QED) is 0.884. The molecule has 4 nitrogen and oxygen atoms in total. The van der Waals surface area contributed by atoms with E-state index < -0.39 is 9.84 Å². The smallest absolute Gasteiger partial charge is 0.173 e. The normalized spacial score (nSPS) is 22.8. The van der Waals surface area contributed by atoms with Gasteiger partial charge in [-0.1, -0.05) is 6.08 Å². The van der Waals surface area contributed by atoms with Crippen molar-refractivity contribution in [3.8, 4) is 0 Å². The van der Waals surface area contributed by atoms with E-state index in [0.29, 0.717) is 6.54 Å². The molecule has 0 amide bonds. The number of sulfone groups is 1. The van der Waals surface area contributed by atoms with Gasteiger partial charge in [-0.05, 0) is 13.8 Å². The summed E-state index contributed by atoms with van der Waals surface area (Å²) in [5.74, 6) is 0.163. The summed E-state index contributed by atoms with van der Waals surface area (Å²) in [6.07, 6.45) is 1.70. The summed E-state index contributed by atoms with van der Waals surface area (Å²) in [5, 5.41) is 5.46. The van der Waals surface area contributed by atoms with E-state index in [1.54, 1.807) is 17.4 Å². The monoisotopic (exact) mass is 258 g/mol. The summed E-state index contributed by atoms with van der Waals surface area (Å²) in [6, 6.07) is -0.0745. The van der Waals surface area contributed by atoms with Crippen molar-refractivity contribution in [1.82, 2.24) is 10.3 Å². The summed E-state index contributed by atoms with van der Waals surface area (Å²) < 4.78 is 22.3. The molecule has 1 N–H and O–H groups in total. The van der Waals surface area contributed by atoms with E-state index in [2.05, 4.69) is 10.3 Å². The van der Waals surface area contributed by atoms with Crippen LogP contribution in [0.3, 0.4) is 0 Å². The number of thiazole rings is 1. The molecule has 1 aliphatic rings. The molecule has 0 aliphatic carbocycles. The fraction of sp³-hybridized carbons (Fsp3) is 0.500. The van der Waals surface area contributed by atoms with Crippen LogP contribution in [0.25, 0.3) is 0 Å². The number of hydrogen-bond donors (Lipinski definition) is 1. The molecule has 1 unspecified atom stereocenters. The van der Waals surface area contributed by atoms with Crippen LogP contribution < -0.4 is 5.32 Å². The second kappa shape index (κ2) is 4.27. The van der Waals surface area contributed by atoms with E-state index in [0.717, 1.165) is 10.7 Å². The molecule has 1 aliphatic heterocycles. The predicted octanol–water partition coefficient (Wildman–Crippen LogP) is 1.16. The summed E-state index contributed by atoms with van der Waals surface area (Å²) in [7, 11) is -2.96. The van der Waals surface area contributed by atoms with Crippen molar-refractivity contribution in [2.75, 3.05) is 5.75 Å². The third kappa shape index (κ3) is 2.69. The SMILES string of the molecule is Cc1nc(CNC2C=CS(=O)(=O)C2)sc1C. The Morgan fingerprint density at radius 1 is 1.56 bits per heavy atom. The molecular formula is C10H14N2O2S2. The molecule has 0 saturated carbocycles. The zero-order valence-electron chi connectivity index (χ0n) is 9.23. The van der Waals surface area contributed by atoms with E-state index in [9.17, 15) is 8.42 Å². The van der Waals surface area contributed by atoms with Gasteiger partial charge in [-0.2, -0.15) is 0 Å². The first-order valence-electron chi connectivity index (χ1n) is 5.03. The first-order valence-corrected chi connectivity index (χ1v) is 7.57. The number of aryl methyl sites for hydroxylation is 2. The molecule has 0 radical (unpaired) electrons. The van der Waals surface area contributed by atoms with Crippen molar-refractivity contribution >= 4 is 21.2 Å². The van der Waals surface area contributed by atoms with Crippen molar-refractivity contribution < 1.29 is 8.42 Å². The van der Waals surface area contributed by atoms with Crippen LogP contribution in [0.4, 0.5) is 0 Å². The average molecular weight is 258 g/mol. The molecule has 0 fully saturated rings. The largest absolute Gasteiger partial charge is 0.303 e.